The lowest BCUT2D eigenvalue weighted by molar-refractivity contribution is -0.132. The van der Waals surface area contributed by atoms with Crippen LogP contribution in [0.1, 0.15) is 36.4 Å². The van der Waals surface area contributed by atoms with E-state index < -0.39 is 0 Å². The second kappa shape index (κ2) is 5.88. The van der Waals surface area contributed by atoms with Crippen molar-refractivity contribution in [2.24, 2.45) is 0 Å². The third-order valence-corrected chi connectivity index (χ3v) is 5.14. The van der Waals surface area contributed by atoms with Gasteiger partial charge in [0.2, 0.25) is 5.91 Å². The Balaban J connectivity index is 1.62. The summed E-state index contributed by atoms with van der Waals surface area (Å²) in [4.78, 5) is 14.5. The summed E-state index contributed by atoms with van der Waals surface area (Å²) in [5.74, 6) is 0.305. The van der Waals surface area contributed by atoms with Crippen LogP contribution in [0.4, 0.5) is 0 Å². The van der Waals surface area contributed by atoms with Crippen molar-refractivity contribution in [3.63, 3.8) is 0 Å². The summed E-state index contributed by atoms with van der Waals surface area (Å²) in [5, 5.41) is 8.48. The molecule has 1 aliphatic rings. The van der Waals surface area contributed by atoms with Gasteiger partial charge in [-0.2, -0.15) is 22.7 Å². The summed E-state index contributed by atoms with van der Waals surface area (Å²) in [6.07, 6.45) is 3.75. The Labute approximate surface area is 121 Å². The molecule has 3 heterocycles. The molecule has 1 fully saturated rings. The summed E-state index contributed by atoms with van der Waals surface area (Å²) in [5.41, 5.74) is 2.59. The highest BCUT2D eigenvalue weighted by Crippen LogP contribution is 2.33. The van der Waals surface area contributed by atoms with Gasteiger partial charge in [-0.15, -0.1) is 0 Å². The van der Waals surface area contributed by atoms with E-state index in [-0.39, 0.29) is 0 Å². The van der Waals surface area contributed by atoms with Crippen molar-refractivity contribution in [2.75, 3.05) is 6.54 Å². The molecular formula is C15H17NOS2. The molecule has 0 saturated carbocycles. The first kappa shape index (κ1) is 12.9. The molecule has 0 aliphatic carbocycles. The SMILES string of the molecule is O=C(CCc1ccsc1)N1CCC[C@@H]1c1ccsc1. The summed E-state index contributed by atoms with van der Waals surface area (Å²) < 4.78 is 0. The molecule has 3 rings (SSSR count). The minimum atomic E-state index is 0.305. The van der Waals surface area contributed by atoms with E-state index in [9.17, 15) is 4.79 Å². The van der Waals surface area contributed by atoms with Gasteiger partial charge in [-0.3, -0.25) is 4.79 Å². The van der Waals surface area contributed by atoms with Gasteiger partial charge in [0.1, 0.15) is 0 Å². The highest BCUT2D eigenvalue weighted by Gasteiger charge is 2.29. The molecule has 1 saturated heterocycles. The number of likely N-dealkylation sites (tertiary alicyclic amines) is 1. The maximum Gasteiger partial charge on any atom is 0.223 e. The fourth-order valence-corrected chi connectivity index (χ4v) is 4.12. The Morgan fingerprint density at radius 3 is 2.84 bits per heavy atom. The van der Waals surface area contributed by atoms with E-state index in [2.05, 4.69) is 38.6 Å². The van der Waals surface area contributed by atoms with Gasteiger partial charge >= 0.3 is 0 Å². The van der Waals surface area contributed by atoms with E-state index in [4.69, 9.17) is 0 Å². The van der Waals surface area contributed by atoms with Crippen molar-refractivity contribution in [3.05, 3.63) is 44.8 Å². The lowest BCUT2D eigenvalue weighted by Crippen LogP contribution is -2.30. The second-order valence-corrected chi connectivity index (χ2v) is 6.49. The predicted molar refractivity (Wildman–Crippen MR) is 80.6 cm³/mol. The third-order valence-electron chi connectivity index (χ3n) is 3.71. The first-order valence-corrected chi connectivity index (χ1v) is 8.56. The normalized spacial score (nSPS) is 18.9. The van der Waals surface area contributed by atoms with Crippen LogP contribution >= 0.6 is 22.7 Å². The molecule has 0 unspecified atom stereocenters. The predicted octanol–water partition coefficient (Wildman–Crippen LogP) is 4.11. The first-order chi connectivity index (χ1) is 9.34. The van der Waals surface area contributed by atoms with Crippen LogP contribution in [0.3, 0.4) is 0 Å². The molecular weight excluding hydrogens is 274 g/mol. The zero-order valence-corrected chi connectivity index (χ0v) is 12.4. The van der Waals surface area contributed by atoms with Crippen LogP contribution in [0.15, 0.2) is 33.7 Å². The smallest absolute Gasteiger partial charge is 0.223 e. The summed E-state index contributed by atoms with van der Waals surface area (Å²) in [7, 11) is 0. The van der Waals surface area contributed by atoms with Gasteiger partial charge in [-0.05, 0) is 64.0 Å². The summed E-state index contributed by atoms with van der Waals surface area (Å²) in [6, 6.07) is 4.58. The van der Waals surface area contributed by atoms with E-state index in [1.165, 1.54) is 11.1 Å². The van der Waals surface area contributed by atoms with Gasteiger partial charge in [-0.1, -0.05) is 0 Å². The average Bonchev–Trinajstić information content (AvgIpc) is 3.14. The highest BCUT2D eigenvalue weighted by molar-refractivity contribution is 7.08. The van der Waals surface area contributed by atoms with Crippen LogP contribution < -0.4 is 0 Å². The molecule has 100 valence electrons. The molecule has 0 bridgehead atoms. The summed E-state index contributed by atoms with van der Waals surface area (Å²) in [6.45, 7) is 0.920. The number of aryl methyl sites for hydroxylation is 1. The Kier molecular flexibility index (Phi) is 3.99. The molecule has 0 radical (unpaired) electrons. The van der Waals surface area contributed by atoms with Crippen molar-refractivity contribution in [3.8, 4) is 0 Å². The molecule has 0 spiro atoms. The van der Waals surface area contributed by atoms with Gasteiger partial charge in [0.25, 0.3) is 0 Å². The van der Waals surface area contributed by atoms with Gasteiger partial charge in [0, 0.05) is 13.0 Å². The van der Waals surface area contributed by atoms with E-state index in [1.54, 1.807) is 22.7 Å². The van der Waals surface area contributed by atoms with Gasteiger partial charge in [-0.25, -0.2) is 0 Å². The molecule has 2 aromatic heterocycles. The van der Waals surface area contributed by atoms with Crippen LogP contribution in [0, 0.1) is 0 Å². The third kappa shape index (κ3) is 2.90. The number of carbonyl (C=O) groups is 1. The molecule has 19 heavy (non-hydrogen) atoms. The van der Waals surface area contributed by atoms with Crippen molar-refractivity contribution in [2.45, 2.75) is 31.7 Å². The van der Waals surface area contributed by atoms with Gasteiger partial charge in [0.05, 0.1) is 6.04 Å². The lowest BCUT2D eigenvalue weighted by atomic mass is 10.1. The van der Waals surface area contributed by atoms with E-state index in [0.29, 0.717) is 18.4 Å². The zero-order chi connectivity index (χ0) is 13.1. The number of rotatable bonds is 4. The topological polar surface area (TPSA) is 20.3 Å². The second-order valence-electron chi connectivity index (χ2n) is 4.93. The number of thiophene rings is 2. The van der Waals surface area contributed by atoms with Gasteiger partial charge < -0.3 is 4.90 Å². The quantitative estimate of drug-likeness (QED) is 0.830. The van der Waals surface area contributed by atoms with Crippen molar-refractivity contribution in [1.82, 2.24) is 4.90 Å². The molecule has 4 heteroatoms. The number of nitrogens with zero attached hydrogens (tertiary/aromatic N) is 1. The minimum absolute atomic E-state index is 0.305. The number of amides is 1. The first-order valence-electron chi connectivity index (χ1n) is 6.67. The van der Waals surface area contributed by atoms with E-state index in [0.717, 1.165) is 25.8 Å². The van der Waals surface area contributed by atoms with E-state index in [1.807, 2.05) is 0 Å². The molecule has 1 amide bonds. The van der Waals surface area contributed by atoms with Gasteiger partial charge in [0.15, 0.2) is 0 Å². The van der Waals surface area contributed by atoms with Crippen molar-refractivity contribution >= 4 is 28.6 Å². The van der Waals surface area contributed by atoms with E-state index >= 15 is 0 Å². The zero-order valence-electron chi connectivity index (χ0n) is 10.7. The summed E-state index contributed by atoms with van der Waals surface area (Å²) >= 11 is 3.41. The highest BCUT2D eigenvalue weighted by atomic mass is 32.1. The maximum atomic E-state index is 12.4. The Hall–Kier alpha value is -1.13. The molecule has 2 nitrogen and oxygen atoms in total. The molecule has 1 atom stereocenters. The van der Waals surface area contributed by atoms with Crippen LogP contribution in [-0.2, 0) is 11.2 Å². The van der Waals surface area contributed by atoms with Crippen LogP contribution in [0.25, 0.3) is 0 Å². The Morgan fingerprint density at radius 1 is 1.26 bits per heavy atom. The van der Waals surface area contributed by atoms with Crippen molar-refractivity contribution < 1.29 is 4.79 Å². The standard InChI is InChI=1S/C15H17NOS2/c17-15(4-3-12-5-8-18-10-12)16-7-1-2-14(16)13-6-9-19-11-13/h5-6,8-11,14H,1-4,7H2/t14-/m1/s1. The van der Waals surface area contributed by atoms with Crippen LogP contribution in [-0.4, -0.2) is 17.4 Å². The monoisotopic (exact) mass is 291 g/mol. The molecule has 1 aliphatic heterocycles. The molecule has 0 N–H and O–H groups in total. The number of hydrogen-bond acceptors (Lipinski definition) is 3. The van der Waals surface area contributed by atoms with Crippen molar-refractivity contribution in [1.29, 1.82) is 0 Å². The van der Waals surface area contributed by atoms with Crippen LogP contribution in [0.5, 0.6) is 0 Å². The number of hydrogen-bond donors (Lipinski definition) is 0. The average molecular weight is 291 g/mol. The lowest BCUT2D eigenvalue weighted by Gasteiger charge is -2.24. The van der Waals surface area contributed by atoms with Crippen LogP contribution in [0.2, 0.25) is 0 Å². The molecule has 2 aromatic rings. The molecule has 0 aromatic carbocycles. The number of carbonyl (C=O) groups excluding carboxylic acids is 1. The fourth-order valence-electron chi connectivity index (χ4n) is 2.71. The Bertz CT molecular complexity index is 518. The Morgan fingerprint density at radius 2 is 2.11 bits per heavy atom. The maximum absolute atomic E-state index is 12.4. The minimum Gasteiger partial charge on any atom is -0.336 e. The fraction of sp³-hybridized carbons (Fsp3) is 0.400. The largest absolute Gasteiger partial charge is 0.336 e.